The van der Waals surface area contributed by atoms with Crippen LogP contribution in [0.4, 0.5) is 0 Å². The zero-order valence-electron chi connectivity index (χ0n) is 10.2. The smallest absolute Gasteiger partial charge is 0.331 e. The van der Waals surface area contributed by atoms with Crippen LogP contribution >= 0.6 is 0 Å². The summed E-state index contributed by atoms with van der Waals surface area (Å²) in [5.41, 5.74) is 0. The Morgan fingerprint density at radius 2 is 2.25 bits per heavy atom. The number of hydrogen-bond acceptors (Lipinski definition) is 3. The third-order valence-electron chi connectivity index (χ3n) is 4.07. The van der Waals surface area contributed by atoms with Gasteiger partial charge in [0.15, 0.2) is 0 Å². The topological polar surface area (TPSA) is 29.5 Å². The van der Waals surface area contributed by atoms with Gasteiger partial charge in [-0.15, -0.1) is 0 Å². The molecule has 2 aliphatic carbocycles. The fraction of sp³-hybridized carbons (Fsp3) is 0.769. The molecule has 3 atom stereocenters. The summed E-state index contributed by atoms with van der Waals surface area (Å²) >= 11 is 0. The first-order valence-electron chi connectivity index (χ1n) is 6.15. The van der Waals surface area contributed by atoms with Crippen LogP contribution in [0.15, 0.2) is 12.3 Å². The van der Waals surface area contributed by atoms with Crippen LogP contribution < -0.4 is 0 Å². The molecule has 3 nitrogen and oxygen atoms in total. The molecular weight excluding hydrogens is 202 g/mol. The highest BCUT2D eigenvalue weighted by Gasteiger charge is 2.39. The van der Waals surface area contributed by atoms with Crippen molar-refractivity contribution in [1.29, 1.82) is 0 Å². The monoisotopic (exact) mass is 223 g/mol. The predicted molar refractivity (Wildman–Crippen MR) is 62.7 cm³/mol. The number of fused-ring (bicyclic) bond motifs is 2. The van der Waals surface area contributed by atoms with Gasteiger partial charge in [0.1, 0.15) is 0 Å². The third-order valence-corrected chi connectivity index (χ3v) is 4.07. The Balaban J connectivity index is 1.77. The molecule has 16 heavy (non-hydrogen) atoms. The summed E-state index contributed by atoms with van der Waals surface area (Å²) in [4.78, 5) is 13.1. The molecule has 2 rings (SSSR count). The lowest BCUT2D eigenvalue weighted by Crippen LogP contribution is -2.25. The van der Waals surface area contributed by atoms with Gasteiger partial charge in [0.2, 0.25) is 0 Å². The summed E-state index contributed by atoms with van der Waals surface area (Å²) in [7, 11) is 3.44. The molecule has 0 radical (unpaired) electrons. The second-order valence-corrected chi connectivity index (χ2v) is 5.21. The molecule has 0 saturated heterocycles. The number of hydrogen-bond donors (Lipinski definition) is 0. The molecule has 2 saturated carbocycles. The van der Waals surface area contributed by atoms with Crippen LogP contribution in [0.5, 0.6) is 0 Å². The number of nitrogens with zero attached hydrogens (tertiary/aromatic N) is 1. The van der Waals surface area contributed by atoms with Gasteiger partial charge in [-0.1, -0.05) is 6.42 Å². The Labute approximate surface area is 97.5 Å². The van der Waals surface area contributed by atoms with Gasteiger partial charge in [-0.2, -0.15) is 0 Å². The minimum atomic E-state index is -0.278. The van der Waals surface area contributed by atoms with E-state index in [1.54, 1.807) is 0 Å². The molecule has 0 N–H and O–H groups in total. The van der Waals surface area contributed by atoms with Crippen LogP contribution in [0.25, 0.3) is 0 Å². The molecule has 90 valence electrons. The van der Waals surface area contributed by atoms with Crippen LogP contribution in [0.2, 0.25) is 0 Å². The van der Waals surface area contributed by atoms with Gasteiger partial charge in [-0.3, -0.25) is 0 Å². The van der Waals surface area contributed by atoms with Gasteiger partial charge >= 0.3 is 5.97 Å². The predicted octanol–water partition coefficient (Wildman–Crippen LogP) is 2.04. The molecule has 0 aromatic rings. The molecule has 0 aromatic carbocycles. The van der Waals surface area contributed by atoms with Crippen LogP contribution in [0.1, 0.15) is 25.7 Å². The molecule has 0 spiro atoms. The van der Waals surface area contributed by atoms with Crippen molar-refractivity contribution in [3.05, 3.63) is 12.3 Å². The van der Waals surface area contributed by atoms with Gasteiger partial charge in [0.25, 0.3) is 0 Å². The number of esters is 1. The fourth-order valence-electron chi connectivity index (χ4n) is 3.29. The maximum absolute atomic E-state index is 10.9. The molecule has 2 bridgehead atoms. The number of rotatable bonds is 4. The lowest BCUT2D eigenvalue weighted by atomic mass is 9.88. The molecule has 0 heterocycles. The summed E-state index contributed by atoms with van der Waals surface area (Å²) < 4.78 is 4.57. The van der Waals surface area contributed by atoms with E-state index >= 15 is 0 Å². The van der Waals surface area contributed by atoms with Gasteiger partial charge in [0.05, 0.1) is 7.11 Å². The molecule has 2 aliphatic rings. The van der Waals surface area contributed by atoms with Crippen molar-refractivity contribution in [2.24, 2.45) is 17.8 Å². The minimum absolute atomic E-state index is 0.278. The van der Waals surface area contributed by atoms with Crippen LogP contribution in [-0.2, 0) is 9.53 Å². The van der Waals surface area contributed by atoms with E-state index in [1.807, 2.05) is 13.2 Å². The fourth-order valence-corrected chi connectivity index (χ4v) is 3.29. The van der Waals surface area contributed by atoms with Crippen LogP contribution in [-0.4, -0.2) is 31.6 Å². The van der Waals surface area contributed by atoms with Crippen molar-refractivity contribution in [3.8, 4) is 0 Å². The summed E-state index contributed by atoms with van der Waals surface area (Å²) in [6.07, 6.45) is 9.03. The van der Waals surface area contributed by atoms with E-state index in [9.17, 15) is 4.79 Å². The van der Waals surface area contributed by atoms with E-state index in [-0.39, 0.29) is 5.97 Å². The van der Waals surface area contributed by atoms with Crippen molar-refractivity contribution in [2.45, 2.75) is 25.7 Å². The lowest BCUT2D eigenvalue weighted by Gasteiger charge is -2.26. The molecule has 0 aliphatic heterocycles. The maximum Gasteiger partial charge on any atom is 0.331 e. The molecular formula is C13H21NO2. The summed E-state index contributed by atoms with van der Waals surface area (Å²) in [5.74, 6) is 2.50. The first-order valence-corrected chi connectivity index (χ1v) is 6.15. The van der Waals surface area contributed by atoms with E-state index in [0.29, 0.717) is 0 Å². The van der Waals surface area contributed by atoms with Gasteiger partial charge in [-0.05, 0) is 37.0 Å². The highest BCUT2D eigenvalue weighted by Crippen LogP contribution is 2.48. The highest BCUT2D eigenvalue weighted by atomic mass is 16.5. The highest BCUT2D eigenvalue weighted by molar-refractivity contribution is 5.81. The Morgan fingerprint density at radius 3 is 2.81 bits per heavy atom. The molecule has 0 amide bonds. The van der Waals surface area contributed by atoms with Crippen LogP contribution in [0.3, 0.4) is 0 Å². The van der Waals surface area contributed by atoms with Crippen molar-refractivity contribution in [2.75, 3.05) is 20.7 Å². The second kappa shape index (κ2) is 4.89. The standard InChI is InChI=1S/C13H21NO2/c1-14(6-5-13(15)16-2)9-12-8-10-3-4-11(12)7-10/h5-6,10-12H,3-4,7-9H2,1-2H3. The van der Waals surface area contributed by atoms with Gasteiger partial charge in [-0.25, -0.2) is 4.79 Å². The van der Waals surface area contributed by atoms with E-state index in [0.717, 1.165) is 24.3 Å². The molecule has 0 aromatic heterocycles. The number of carbonyl (C=O) groups excluding carboxylic acids is 1. The quantitative estimate of drug-likeness (QED) is 0.539. The minimum Gasteiger partial charge on any atom is -0.466 e. The van der Waals surface area contributed by atoms with Crippen molar-refractivity contribution >= 4 is 5.97 Å². The Morgan fingerprint density at radius 1 is 1.44 bits per heavy atom. The summed E-state index contributed by atoms with van der Waals surface area (Å²) in [6, 6.07) is 0. The van der Waals surface area contributed by atoms with E-state index in [2.05, 4.69) is 9.64 Å². The van der Waals surface area contributed by atoms with E-state index < -0.39 is 0 Å². The first kappa shape index (κ1) is 11.5. The van der Waals surface area contributed by atoms with E-state index in [4.69, 9.17) is 0 Å². The number of ether oxygens (including phenoxy) is 1. The van der Waals surface area contributed by atoms with E-state index in [1.165, 1.54) is 38.9 Å². The Hall–Kier alpha value is -0.990. The average Bonchev–Trinajstić information content (AvgIpc) is 2.87. The number of carbonyl (C=O) groups is 1. The molecule has 3 heteroatoms. The SMILES string of the molecule is COC(=O)C=CN(C)CC1CC2CCC1C2. The van der Waals surface area contributed by atoms with Crippen molar-refractivity contribution < 1.29 is 9.53 Å². The first-order chi connectivity index (χ1) is 7.69. The summed E-state index contributed by atoms with van der Waals surface area (Å²) in [5, 5.41) is 0. The zero-order valence-corrected chi connectivity index (χ0v) is 10.2. The number of methoxy groups -OCH3 is 1. The largest absolute Gasteiger partial charge is 0.466 e. The Kier molecular flexibility index (Phi) is 3.52. The lowest BCUT2D eigenvalue weighted by molar-refractivity contribution is -0.134. The Bertz CT molecular complexity index is 288. The van der Waals surface area contributed by atoms with Gasteiger partial charge in [0, 0.05) is 25.9 Å². The molecule has 3 unspecified atom stereocenters. The van der Waals surface area contributed by atoms with Crippen molar-refractivity contribution in [1.82, 2.24) is 4.90 Å². The third kappa shape index (κ3) is 2.57. The summed E-state index contributed by atoms with van der Waals surface area (Å²) in [6.45, 7) is 1.08. The zero-order chi connectivity index (χ0) is 11.5. The molecule has 2 fully saturated rings. The van der Waals surface area contributed by atoms with Crippen molar-refractivity contribution in [3.63, 3.8) is 0 Å². The van der Waals surface area contributed by atoms with Gasteiger partial charge < -0.3 is 9.64 Å². The van der Waals surface area contributed by atoms with Crippen LogP contribution in [0, 0.1) is 17.8 Å². The maximum atomic E-state index is 10.9. The normalized spacial score (nSPS) is 32.2. The second-order valence-electron chi connectivity index (χ2n) is 5.21. The average molecular weight is 223 g/mol.